The van der Waals surface area contributed by atoms with Gasteiger partial charge < -0.3 is 4.79 Å². The Kier molecular flexibility index (Phi) is 16.4. The molecule has 0 bridgehead atoms. The maximum absolute atomic E-state index is 10.4. The molecule has 0 rings (SSSR count). The van der Waals surface area contributed by atoms with E-state index >= 15 is 0 Å². The molecular formula is C19H38O. The van der Waals surface area contributed by atoms with Crippen molar-refractivity contribution in [1.82, 2.24) is 0 Å². The molecule has 1 unspecified atom stereocenters. The SMILES string of the molecule is CCCCCCCCCCCCCC(CC)CCC=O. The number of hydrogen-bond donors (Lipinski definition) is 0. The fraction of sp³-hybridized carbons (Fsp3) is 0.947. The molecule has 0 heterocycles. The van der Waals surface area contributed by atoms with Crippen LogP contribution in [0.5, 0.6) is 0 Å². The zero-order valence-electron chi connectivity index (χ0n) is 14.2. The number of carbonyl (C=O) groups excluding carboxylic acids is 1. The topological polar surface area (TPSA) is 17.1 Å². The fourth-order valence-corrected chi connectivity index (χ4v) is 2.95. The second-order valence-corrected chi connectivity index (χ2v) is 6.34. The molecule has 0 saturated carbocycles. The Labute approximate surface area is 127 Å². The van der Waals surface area contributed by atoms with E-state index in [1.165, 1.54) is 83.5 Å². The first-order valence-electron chi connectivity index (χ1n) is 9.28. The molecule has 0 saturated heterocycles. The standard InChI is InChI=1S/C19H38O/c1-3-5-6-7-8-9-10-11-12-13-14-16-19(4-2)17-15-18-20/h18-19H,3-17H2,1-2H3. The lowest BCUT2D eigenvalue weighted by Gasteiger charge is -2.12. The van der Waals surface area contributed by atoms with Gasteiger partial charge in [-0.15, -0.1) is 0 Å². The summed E-state index contributed by atoms with van der Waals surface area (Å²) >= 11 is 0. The molecule has 1 atom stereocenters. The minimum atomic E-state index is 0.760. The quantitative estimate of drug-likeness (QED) is 0.227. The van der Waals surface area contributed by atoms with Crippen LogP contribution in [0.3, 0.4) is 0 Å². The molecular weight excluding hydrogens is 244 g/mol. The van der Waals surface area contributed by atoms with Gasteiger partial charge in [-0.1, -0.05) is 97.3 Å². The summed E-state index contributed by atoms with van der Waals surface area (Å²) in [6.45, 7) is 4.54. The van der Waals surface area contributed by atoms with E-state index in [9.17, 15) is 4.79 Å². The lowest BCUT2D eigenvalue weighted by molar-refractivity contribution is -0.108. The van der Waals surface area contributed by atoms with Crippen LogP contribution in [-0.2, 0) is 4.79 Å². The van der Waals surface area contributed by atoms with Crippen molar-refractivity contribution in [3.63, 3.8) is 0 Å². The van der Waals surface area contributed by atoms with Crippen molar-refractivity contribution >= 4 is 6.29 Å². The van der Waals surface area contributed by atoms with Gasteiger partial charge in [-0.2, -0.15) is 0 Å². The molecule has 1 nitrogen and oxygen atoms in total. The fourth-order valence-electron chi connectivity index (χ4n) is 2.95. The lowest BCUT2D eigenvalue weighted by Crippen LogP contribution is -1.99. The Balaban J connectivity index is 3.17. The molecule has 0 aromatic rings. The van der Waals surface area contributed by atoms with E-state index in [4.69, 9.17) is 0 Å². The number of unbranched alkanes of at least 4 members (excludes halogenated alkanes) is 10. The first-order valence-corrected chi connectivity index (χ1v) is 9.28. The van der Waals surface area contributed by atoms with Crippen LogP contribution in [0.4, 0.5) is 0 Å². The highest BCUT2D eigenvalue weighted by atomic mass is 16.1. The minimum Gasteiger partial charge on any atom is -0.303 e. The molecule has 0 amide bonds. The van der Waals surface area contributed by atoms with Crippen molar-refractivity contribution in [3.05, 3.63) is 0 Å². The Morgan fingerprint density at radius 1 is 0.700 bits per heavy atom. The summed E-state index contributed by atoms with van der Waals surface area (Å²) in [5, 5.41) is 0. The average Bonchev–Trinajstić information content (AvgIpc) is 2.48. The normalized spacial score (nSPS) is 12.5. The van der Waals surface area contributed by atoms with Crippen LogP contribution >= 0.6 is 0 Å². The second-order valence-electron chi connectivity index (χ2n) is 6.34. The largest absolute Gasteiger partial charge is 0.303 e. The maximum atomic E-state index is 10.4. The summed E-state index contributed by atoms with van der Waals surface area (Å²) in [5.74, 6) is 0.791. The highest BCUT2D eigenvalue weighted by Crippen LogP contribution is 2.19. The van der Waals surface area contributed by atoms with E-state index in [1.54, 1.807) is 0 Å². The summed E-state index contributed by atoms with van der Waals surface area (Å²) < 4.78 is 0. The van der Waals surface area contributed by atoms with Crippen molar-refractivity contribution in [2.75, 3.05) is 0 Å². The van der Waals surface area contributed by atoms with Gasteiger partial charge in [-0.25, -0.2) is 0 Å². The number of hydrogen-bond acceptors (Lipinski definition) is 1. The zero-order chi connectivity index (χ0) is 14.9. The van der Waals surface area contributed by atoms with Gasteiger partial charge in [-0.3, -0.25) is 0 Å². The minimum absolute atomic E-state index is 0.760. The van der Waals surface area contributed by atoms with Gasteiger partial charge >= 0.3 is 0 Å². The molecule has 0 aliphatic heterocycles. The molecule has 0 aromatic carbocycles. The van der Waals surface area contributed by atoms with Gasteiger partial charge in [0.2, 0.25) is 0 Å². The van der Waals surface area contributed by atoms with Crippen molar-refractivity contribution in [2.24, 2.45) is 5.92 Å². The maximum Gasteiger partial charge on any atom is 0.120 e. The van der Waals surface area contributed by atoms with E-state index in [-0.39, 0.29) is 0 Å². The molecule has 0 aliphatic rings. The smallest absolute Gasteiger partial charge is 0.120 e. The molecule has 120 valence electrons. The van der Waals surface area contributed by atoms with Crippen LogP contribution < -0.4 is 0 Å². The molecule has 0 N–H and O–H groups in total. The predicted molar refractivity (Wildman–Crippen MR) is 90.2 cm³/mol. The van der Waals surface area contributed by atoms with Gasteiger partial charge in [0.05, 0.1) is 0 Å². The third kappa shape index (κ3) is 14.1. The van der Waals surface area contributed by atoms with Crippen LogP contribution in [0.15, 0.2) is 0 Å². The molecule has 0 radical (unpaired) electrons. The Hall–Kier alpha value is -0.330. The summed E-state index contributed by atoms with van der Waals surface area (Å²) in [6, 6.07) is 0. The van der Waals surface area contributed by atoms with Gasteiger partial charge in [0.15, 0.2) is 0 Å². The highest BCUT2D eigenvalue weighted by Gasteiger charge is 2.05. The van der Waals surface area contributed by atoms with Crippen LogP contribution in [0.1, 0.15) is 110 Å². The molecule has 1 heteroatoms. The van der Waals surface area contributed by atoms with Crippen LogP contribution in [-0.4, -0.2) is 6.29 Å². The van der Waals surface area contributed by atoms with Crippen molar-refractivity contribution in [2.45, 2.75) is 110 Å². The van der Waals surface area contributed by atoms with Gasteiger partial charge in [0.25, 0.3) is 0 Å². The van der Waals surface area contributed by atoms with Crippen LogP contribution in [0.2, 0.25) is 0 Å². The summed E-state index contributed by atoms with van der Waals surface area (Å²) in [4.78, 5) is 10.4. The monoisotopic (exact) mass is 282 g/mol. The van der Waals surface area contributed by atoms with Crippen LogP contribution in [0, 0.1) is 5.92 Å². The first-order chi connectivity index (χ1) is 9.85. The van der Waals surface area contributed by atoms with E-state index in [2.05, 4.69) is 13.8 Å². The van der Waals surface area contributed by atoms with E-state index in [0.717, 1.165) is 25.0 Å². The van der Waals surface area contributed by atoms with Crippen molar-refractivity contribution in [1.29, 1.82) is 0 Å². The molecule has 0 aliphatic carbocycles. The van der Waals surface area contributed by atoms with Gasteiger partial charge in [0, 0.05) is 6.42 Å². The highest BCUT2D eigenvalue weighted by molar-refractivity contribution is 5.49. The number of rotatable bonds is 16. The second kappa shape index (κ2) is 16.7. The van der Waals surface area contributed by atoms with Gasteiger partial charge in [0.1, 0.15) is 6.29 Å². The van der Waals surface area contributed by atoms with E-state index in [1.807, 2.05) is 0 Å². The molecule has 0 aromatic heterocycles. The lowest BCUT2D eigenvalue weighted by atomic mass is 9.93. The summed E-state index contributed by atoms with van der Waals surface area (Å²) in [6.07, 6.45) is 21.1. The van der Waals surface area contributed by atoms with E-state index < -0.39 is 0 Å². The third-order valence-corrected chi connectivity index (χ3v) is 4.49. The van der Waals surface area contributed by atoms with Crippen molar-refractivity contribution < 1.29 is 4.79 Å². The number of carbonyl (C=O) groups is 1. The summed E-state index contributed by atoms with van der Waals surface area (Å²) in [5.41, 5.74) is 0. The third-order valence-electron chi connectivity index (χ3n) is 4.49. The molecule has 0 fully saturated rings. The van der Waals surface area contributed by atoms with Crippen molar-refractivity contribution in [3.8, 4) is 0 Å². The zero-order valence-corrected chi connectivity index (χ0v) is 14.2. The van der Waals surface area contributed by atoms with Gasteiger partial charge in [-0.05, 0) is 12.3 Å². The molecule has 0 spiro atoms. The Bertz CT molecular complexity index is 188. The van der Waals surface area contributed by atoms with Crippen LogP contribution in [0.25, 0.3) is 0 Å². The molecule has 20 heavy (non-hydrogen) atoms. The predicted octanol–water partition coefficient (Wildman–Crippen LogP) is 6.69. The average molecular weight is 283 g/mol. The number of aldehydes is 1. The Morgan fingerprint density at radius 2 is 1.20 bits per heavy atom. The Morgan fingerprint density at radius 3 is 1.65 bits per heavy atom. The van der Waals surface area contributed by atoms with E-state index in [0.29, 0.717) is 0 Å². The first kappa shape index (κ1) is 19.7. The summed E-state index contributed by atoms with van der Waals surface area (Å²) in [7, 11) is 0.